The van der Waals surface area contributed by atoms with Gasteiger partial charge in [0.15, 0.2) is 0 Å². The van der Waals surface area contributed by atoms with Gasteiger partial charge in [-0.1, -0.05) is 34.6 Å². The standard InChI is InChI=1S/C21H25N5O3.3C20H25N5O3/c1-3-29-19(27)15-10-24-18-14(4-8-23-18)17(15)25-16-11-26(9-5-13(16)2)20(28)21(12-22)6-7-21;1-12(2)28-20(27)15-10-23-19-14(5-8-22-19)18(15)24-16-11-25(9-6-13(16)3)17(26)4-7-21;1-4-28-20(27)15-10-23-18-14(5-7-22-18)17(15)24-16-11-25(8-6-12(16)2)19(26)13(3)9-21;1-3-10-28-20(27)15-11-23-19-14(5-8-22-19)18(15)24-16-12-25(9-6-13(16)2)17(26)4-7-21/h4,8,10,13,16H,3,5-7,9,11H2,1-2H3,(H2,23,24,25);5,8,10,12-13,16H,4,6,9,11H2,1-3H3,(H2,22,23,24);5,7,10,12-13,16H,4,6,8,11H2,1-3H3,(H2,22,23,24);5,8,11,13,16H,3-4,6,9-10,12H2,1-2H3,(H2,22,23,24)/t2*13-,16+;12-,13?,16+;13-,16+/m1111/s1. The maximum Gasteiger partial charge on any atom is 0.342 e. The van der Waals surface area contributed by atoms with Crippen LogP contribution >= 0.6 is 0 Å². The van der Waals surface area contributed by atoms with E-state index in [1.807, 2.05) is 49.4 Å². The first-order valence-electron chi connectivity index (χ1n) is 38.7. The Morgan fingerprint density at radius 1 is 0.487 bits per heavy atom. The molecule has 0 aromatic carbocycles. The number of carbonyl (C=O) groups excluding carboxylic acids is 8. The molecule has 4 aliphatic heterocycles. The van der Waals surface area contributed by atoms with Crippen LogP contribution in [0.3, 0.4) is 0 Å². The molecule has 1 unspecified atom stereocenters. The number of nitrogens with zero attached hydrogens (tertiary/aromatic N) is 12. The normalized spacial score (nSPS) is 20.5. The summed E-state index contributed by atoms with van der Waals surface area (Å²) in [4.78, 5) is 136. The number of aromatic amines is 4. The highest BCUT2D eigenvalue weighted by Crippen LogP contribution is 2.47. The van der Waals surface area contributed by atoms with Gasteiger partial charge in [-0.2, -0.15) is 21.0 Å². The predicted octanol–water partition coefficient (Wildman–Crippen LogP) is 10.6. The lowest BCUT2D eigenvalue weighted by Crippen LogP contribution is -2.51. The minimum absolute atomic E-state index is 0.0455. The second-order valence-corrected chi connectivity index (χ2v) is 29.7. The summed E-state index contributed by atoms with van der Waals surface area (Å²) in [7, 11) is 0. The van der Waals surface area contributed by atoms with Crippen LogP contribution in [0, 0.1) is 80.3 Å². The SMILES string of the molecule is CC(C)OC(=O)c1cnc2[nH]ccc2c1N[C@H]1CN(C(=O)CC#N)CC[C@H]1C.CCCOC(=O)c1cnc2[nH]ccc2c1N[C@H]1CN(C(=O)CC#N)CC[C@H]1C.CCOC(=O)c1cnc2[nH]ccc2c1N[C@H]1CN(C(=O)C(C)C#N)CC[C@H]1C.CCOC(=O)c1cnc2[nH]ccc2c1N[C@H]1CN(C(=O)C2(C#N)CC2)CC[C@H]1C. The number of esters is 4. The number of amides is 4. The van der Waals surface area contributed by atoms with Crippen molar-refractivity contribution in [3.63, 3.8) is 0 Å². The number of fused-ring (bicyclic) bond motifs is 4. The van der Waals surface area contributed by atoms with Gasteiger partial charge in [0, 0.05) is 148 Å². The maximum atomic E-state index is 12.8. The first-order valence-corrected chi connectivity index (χ1v) is 38.7. The summed E-state index contributed by atoms with van der Waals surface area (Å²) in [6, 6.07) is 15.3. The molecule has 113 heavy (non-hydrogen) atoms. The minimum atomic E-state index is -0.814. The quantitative estimate of drug-likeness (QED) is 0.0245. The van der Waals surface area contributed by atoms with E-state index in [2.05, 4.69) is 94.9 Å². The number of nitrogens with one attached hydrogen (secondary N) is 8. The molecular formula is C81H100N20O12. The van der Waals surface area contributed by atoms with E-state index in [-0.39, 0.29) is 80.0 Å². The van der Waals surface area contributed by atoms with E-state index in [1.54, 1.807) is 79.0 Å². The lowest BCUT2D eigenvalue weighted by atomic mass is 9.91. The van der Waals surface area contributed by atoms with Gasteiger partial charge in [-0.25, -0.2) is 39.1 Å². The fraction of sp³-hybridized carbons (Fsp3) is 0.506. The highest BCUT2D eigenvalue weighted by molar-refractivity contribution is 6.07. The summed E-state index contributed by atoms with van der Waals surface area (Å²) < 4.78 is 21.1. The van der Waals surface area contributed by atoms with Gasteiger partial charge >= 0.3 is 23.9 Å². The zero-order valence-electron chi connectivity index (χ0n) is 65.6. The number of ether oxygens (including phenoxy) is 4. The predicted molar refractivity (Wildman–Crippen MR) is 421 cm³/mol. The first kappa shape index (κ1) is 83.2. The van der Waals surface area contributed by atoms with Crippen LogP contribution < -0.4 is 21.3 Å². The third-order valence-corrected chi connectivity index (χ3v) is 21.4. The molecule has 596 valence electrons. The monoisotopic (exact) mass is 1540 g/mol. The molecule has 5 aliphatic rings. The number of aromatic nitrogens is 8. The van der Waals surface area contributed by atoms with Crippen LogP contribution in [0.15, 0.2) is 73.8 Å². The highest BCUT2D eigenvalue weighted by Gasteiger charge is 2.53. The second kappa shape index (κ2) is 38.1. The van der Waals surface area contributed by atoms with E-state index in [0.29, 0.717) is 163 Å². The molecule has 5 fully saturated rings. The van der Waals surface area contributed by atoms with Crippen LogP contribution in [0.25, 0.3) is 44.1 Å². The van der Waals surface area contributed by atoms with Gasteiger partial charge < -0.3 is 79.8 Å². The molecule has 4 saturated heterocycles. The zero-order chi connectivity index (χ0) is 81.2. The molecule has 8 aromatic rings. The van der Waals surface area contributed by atoms with Crippen LogP contribution in [-0.2, 0) is 38.1 Å². The van der Waals surface area contributed by atoms with Gasteiger partial charge in [-0.3, -0.25) is 19.2 Å². The fourth-order valence-corrected chi connectivity index (χ4v) is 14.3. The van der Waals surface area contributed by atoms with Crippen LogP contribution in [0.1, 0.15) is 168 Å². The number of hydrogen-bond acceptors (Lipinski definition) is 24. The zero-order valence-corrected chi connectivity index (χ0v) is 65.6. The van der Waals surface area contributed by atoms with Gasteiger partial charge in [-0.15, -0.1) is 0 Å². The Hall–Kier alpha value is -12.3. The summed E-state index contributed by atoms with van der Waals surface area (Å²) in [5.74, 6) is -1.75. The molecule has 0 bridgehead atoms. The van der Waals surface area contributed by atoms with Crippen LogP contribution in [-0.4, -0.2) is 209 Å². The molecule has 13 rings (SSSR count). The number of anilines is 4. The van der Waals surface area contributed by atoms with Crippen molar-refractivity contribution in [1.29, 1.82) is 21.0 Å². The lowest BCUT2D eigenvalue weighted by molar-refractivity contribution is -0.136. The molecular weight excluding hydrogens is 1450 g/mol. The number of rotatable bonds is 21. The Balaban J connectivity index is 0.000000160. The topological polar surface area (TPSA) is 444 Å². The van der Waals surface area contributed by atoms with E-state index in [9.17, 15) is 43.6 Å². The molecule has 12 heterocycles. The number of H-pyrrole nitrogens is 4. The highest BCUT2D eigenvalue weighted by atomic mass is 16.5. The Kier molecular flexibility index (Phi) is 28.0. The largest absolute Gasteiger partial charge is 0.462 e. The summed E-state index contributed by atoms with van der Waals surface area (Å²) in [5.41, 5.74) is 6.03. The average molecular weight is 1550 g/mol. The Morgan fingerprint density at radius 2 is 0.814 bits per heavy atom. The van der Waals surface area contributed by atoms with Gasteiger partial charge in [0.1, 0.15) is 69.0 Å². The third-order valence-electron chi connectivity index (χ3n) is 21.4. The van der Waals surface area contributed by atoms with E-state index in [1.165, 1.54) is 24.8 Å². The summed E-state index contributed by atoms with van der Waals surface area (Å²) in [6.07, 6.45) is 18.0. The van der Waals surface area contributed by atoms with Crippen molar-refractivity contribution < 1.29 is 57.3 Å². The molecule has 0 spiro atoms. The van der Waals surface area contributed by atoms with Gasteiger partial charge in [0.2, 0.25) is 23.6 Å². The van der Waals surface area contributed by atoms with Gasteiger partial charge in [-0.05, 0) is 128 Å². The smallest absolute Gasteiger partial charge is 0.342 e. The van der Waals surface area contributed by atoms with E-state index >= 15 is 0 Å². The number of carbonyl (C=O) groups is 8. The number of pyridine rings is 4. The number of piperidine rings is 4. The second-order valence-electron chi connectivity index (χ2n) is 29.7. The van der Waals surface area contributed by atoms with E-state index in [4.69, 9.17) is 34.7 Å². The lowest BCUT2D eigenvalue weighted by Gasteiger charge is -2.39. The average Bonchev–Trinajstić information content (AvgIpc) is 1.65. The van der Waals surface area contributed by atoms with E-state index < -0.39 is 35.2 Å². The molecule has 8 aromatic heterocycles. The minimum Gasteiger partial charge on any atom is -0.462 e. The van der Waals surface area contributed by atoms with Crippen LogP contribution in [0.4, 0.5) is 22.7 Å². The molecule has 1 aliphatic carbocycles. The maximum absolute atomic E-state index is 12.8. The summed E-state index contributed by atoms with van der Waals surface area (Å²) in [6.45, 7) is 24.6. The van der Waals surface area contributed by atoms with Crippen LogP contribution in [0.5, 0.6) is 0 Å². The molecule has 1 saturated carbocycles. The molecule has 32 nitrogen and oxygen atoms in total. The van der Waals surface area contributed by atoms with Crippen molar-refractivity contribution >= 4 is 114 Å². The molecule has 0 radical (unpaired) electrons. The van der Waals surface area contributed by atoms with Gasteiger partial charge in [0.05, 0.1) is 73.0 Å². The third kappa shape index (κ3) is 19.7. The Bertz CT molecular complexity index is 4930. The number of nitriles is 4. The molecule has 9 atom stereocenters. The Labute approximate surface area is 655 Å². The number of hydrogen-bond donors (Lipinski definition) is 8. The van der Waals surface area contributed by atoms with Gasteiger partial charge in [0.25, 0.3) is 0 Å². The molecule has 32 heteroatoms. The summed E-state index contributed by atoms with van der Waals surface area (Å²) in [5, 5.41) is 53.2. The first-order chi connectivity index (χ1) is 54.4. The molecule has 4 amide bonds. The fourth-order valence-electron chi connectivity index (χ4n) is 14.3. The van der Waals surface area contributed by atoms with Crippen molar-refractivity contribution in [2.24, 2.45) is 35.0 Å². The number of likely N-dealkylation sites (tertiary alicyclic amines) is 4. The molecule has 8 N–H and O–H groups in total. The Morgan fingerprint density at radius 3 is 1.13 bits per heavy atom. The van der Waals surface area contributed by atoms with Crippen molar-refractivity contribution in [3.8, 4) is 24.3 Å². The van der Waals surface area contributed by atoms with E-state index in [0.717, 1.165) is 53.6 Å². The van der Waals surface area contributed by atoms with Crippen molar-refractivity contribution in [1.82, 2.24) is 59.5 Å². The van der Waals surface area contributed by atoms with Crippen LogP contribution in [0.2, 0.25) is 0 Å². The van der Waals surface area contributed by atoms with Crippen molar-refractivity contribution in [2.75, 3.05) is 93.4 Å². The van der Waals surface area contributed by atoms with Crippen molar-refractivity contribution in [2.45, 2.75) is 157 Å². The summed E-state index contributed by atoms with van der Waals surface area (Å²) >= 11 is 0. The van der Waals surface area contributed by atoms with Crippen molar-refractivity contribution in [3.05, 3.63) is 96.1 Å².